The van der Waals surface area contributed by atoms with E-state index >= 15 is 0 Å². The van der Waals surface area contributed by atoms with E-state index in [2.05, 4.69) is 4.98 Å². The Balaban J connectivity index is 1.46. The van der Waals surface area contributed by atoms with Crippen LogP contribution >= 0.6 is 11.3 Å². The number of aliphatic hydroxyl groups excluding tert-OH is 1. The van der Waals surface area contributed by atoms with Crippen molar-refractivity contribution < 1.29 is 29.0 Å². The summed E-state index contributed by atoms with van der Waals surface area (Å²) in [4.78, 5) is 45.6. The predicted octanol–water partition coefficient (Wildman–Crippen LogP) is 6.18. The third-order valence-electron chi connectivity index (χ3n) is 7.35. The Labute approximate surface area is 246 Å². The predicted molar refractivity (Wildman–Crippen MR) is 159 cm³/mol. The standard InChI is InChI=1S/C33H28N2O6S/c1-18-14-24-15-23(12-13-26(24)41-18)29(37)27-28(22-10-7-11-25(16-22)40-17-21-8-5-4-6-9-21)35(32(39)30(27)38)33-34-19(2)31(42-33)20(3)36/h4-13,15-16,18,28,37H,14,17H2,1-3H3/b29-27+/t18-,28+/m1/s1. The van der Waals surface area contributed by atoms with Gasteiger partial charge >= 0.3 is 5.91 Å². The molecule has 9 heteroatoms. The van der Waals surface area contributed by atoms with Crippen LogP contribution in [-0.2, 0) is 22.6 Å². The molecule has 2 atom stereocenters. The van der Waals surface area contributed by atoms with E-state index in [9.17, 15) is 19.5 Å². The molecule has 1 N–H and O–H groups in total. The van der Waals surface area contributed by atoms with E-state index in [-0.39, 0.29) is 28.4 Å². The maximum absolute atomic E-state index is 13.6. The van der Waals surface area contributed by atoms with E-state index in [0.29, 0.717) is 40.5 Å². The molecule has 0 spiro atoms. The summed E-state index contributed by atoms with van der Waals surface area (Å²) in [6, 6.07) is 21.0. The molecule has 8 nitrogen and oxygen atoms in total. The first-order chi connectivity index (χ1) is 20.2. The fourth-order valence-corrected chi connectivity index (χ4v) is 6.39. The lowest BCUT2D eigenvalue weighted by Crippen LogP contribution is -2.29. The number of aliphatic hydroxyl groups is 1. The molecule has 0 aliphatic carbocycles. The number of anilines is 1. The molecule has 0 radical (unpaired) electrons. The number of carbonyl (C=O) groups is 3. The van der Waals surface area contributed by atoms with Gasteiger partial charge in [0.15, 0.2) is 10.9 Å². The van der Waals surface area contributed by atoms with Gasteiger partial charge in [-0.15, -0.1) is 0 Å². The SMILES string of the molecule is CC(=O)c1sc(N2C(=O)C(=O)/C(=C(/O)c3ccc4c(c3)C[C@@H](C)O4)[C@@H]2c2cccc(OCc3ccccc3)c2)nc1C. The van der Waals surface area contributed by atoms with Crippen LogP contribution in [0.5, 0.6) is 11.5 Å². The van der Waals surface area contributed by atoms with Gasteiger partial charge in [0.2, 0.25) is 0 Å². The smallest absolute Gasteiger partial charge is 0.301 e. The summed E-state index contributed by atoms with van der Waals surface area (Å²) in [6.45, 7) is 5.41. The van der Waals surface area contributed by atoms with Gasteiger partial charge in [0.1, 0.15) is 30.0 Å². The number of amides is 1. The maximum atomic E-state index is 13.6. The highest BCUT2D eigenvalue weighted by Crippen LogP contribution is 2.45. The Morgan fingerprint density at radius 2 is 1.88 bits per heavy atom. The largest absolute Gasteiger partial charge is 0.507 e. The molecule has 212 valence electrons. The van der Waals surface area contributed by atoms with Crippen LogP contribution in [-0.4, -0.2) is 33.7 Å². The zero-order chi connectivity index (χ0) is 29.5. The Morgan fingerprint density at radius 3 is 2.62 bits per heavy atom. The van der Waals surface area contributed by atoms with Crippen molar-refractivity contribution >= 4 is 39.7 Å². The minimum atomic E-state index is -1.00. The fourth-order valence-electron chi connectivity index (χ4n) is 5.40. The number of aromatic nitrogens is 1. The van der Waals surface area contributed by atoms with Gasteiger partial charge in [-0.25, -0.2) is 4.98 Å². The number of hydrogen-bond donors (Lipinski definition) is 1. The van der Waals surface area contributed by atoms with Crippen LogP contribution in [0.3, 0.4) is 0 Å². The van der Waals surface area contributed by atoms with Gasteiger partial charge in [0, 0.05) is 18.9 Å². The molecule has 0 unspecified atom stereocenters. The number of aryl methyl sites for hydroxylation is 1. The van der Waals surface area contributed by atoms with Gasteiger partial charge < -0.3 is 14.6 Å². The summed E-state index contributed by atoms with van der Waals surface area (Å²) in [5, 5.41) is 11.8. The molecule has 1 aromatic heterocycles. The second-order valence-electron chi connectivity index (χ2n) is 10.4. The number of nitrogens with zero attached hydrogens (tertiary/aromatic N) is 2. The van der Waals surface area contributed by atoms with Crippen LogP contribution < -0.4 is 14.4 Å². The molecule has 0 saturated carbocycles. The lowest BCUT2D eigenvalue weighted by Gasteiger charge is -2.23. The molecule has 2 aliphatic rings. The average Bonchev–Trinajstić information content (AvgIpc) is 3.64. The van der Waals surface area contributed by atoms with E-state index in [1.54, 1.807) is 49.4 Å². The van der Waals surface area contributed by atoms with Crippen molar-refractivity contribution in [3.8, 4) is 11.5 Å². The molecule has 3 aromatic carbocycles. The molecule has 1 fully saturated rings. The van der Waals surface area contributed by atoms with Crippen molar-refractivity contribution in [2.75, 3.05) is 4.90 Å². The topological polar surface area (TPSA) is 106 Å². The summed E-state index contributed by atoms with van der Waals surface area (Å²) < 4.78 is 11.8. The lowest BCUT2D eigenvalue weighted by molar-refractivity contribution is -0.132. The highest BCUT2D eigenvalue weighted by Gasteiger charge is 2.48. The Morgan fingerprint density at radius 1 is 1.10 bits per heavy atom. The van der Waals surface area contributed by atoms with Crippen LogP contribution in [0, 0.1) is 6.92 Å². The summed E-state index contributed by atoms with van der Waals surface area (Å²) in [7, 11) is 0. The first kappa shape index (κ1) is 27.4. The van der Waals surface area contributed by atoms with Crippen molar-refractivity contribution in [3.05, 3.63) is 111 Å². The number of hydrogen-bond acceptors (Lipinski definition) is 8. The minimum absolute atomic E-state index is 0.00483. The van der Waals surface area contributed by atoms with Crippen molar-refractivity contribution in [1.82, 2.24) is 4.98 Å². The quantitative estimate of drug-likeness (QED) is 0.120. The van der Waals surface area contributed by atoms with Crippen LogP contribution in [0.25, 0.3) is 5.76 Å². The zero-order valence-corrected chi connectivity index (χ0v) is 24.1. The first-order valence-electron chi connectivity index (χ1n) is 13.6. The van der Waals surface area contributed by atoms with Crippen molar-refractivity contribution in [1.29, 1.82) is 0 Å². The van der Waals surface area contributed by atoms with E-state index < -0.39 is 17.7 Å². The fraction of sp³-hybridized carbons (Fsp3) is 0.212. The summed E-state index contributed by atoms with van der Waals surface area (Å²) in [5.74, 6) is -0.886. The number of carbonyl (C=O) groups excluding carboxylic acids is 3. The third-order valence-corrected chi connectivity index (χ3v) is 8.60. The molecule has 1 amide bonds. The molecule has 6 rings (SSSR count). The van der Waals surface area contributed by atoms with Crippen molar-refractivity contribution in [3.63, 3.8) is 0 Å². The number of benzene rings is 3. The molecule has 4 aromatic rings. The Hall–Kier alpha value is -4.76. The lowest BCUT2D eigenvalue weighted by atomic mass is 9.94. The number of ether oxygens (including phenoxy) is 2. The van der Waals surface area contributed by atoms with E-state index in [0.717, 1.165) is 28.2 Å². The summed E-state index contributed by atoms with van der Waals surface area (Å²) in [6.07, 6.45) is 0.673. The van der Waals surface area contributed by atoms with Gasteiger partial charge in [-0.3, -0.25) is 19.3 Å². The normalized spacial score (nSPS) is 19.1. The minimum Gasteiger partial charge on any atom is -0.507 e. The van der Waals surface area contributed by atoms with Gasteiger partial charge in [0.25, 0.3) is 5.78 Å². The van der Waals surface area contributed by atoms with E-state index in [1.165, 1.54) is 11.8 Å². The zero-order valence-electron chi connectivity index (χ0n) is 23.3. The molecule has 42 heavy (non-hydrogen) atoms. The Kier molecular flexibility index (Phi) is 7.12. The Bertz CT molecular complexity index is 1760. The summed E-state index contributed by atoms with van der Waals surface area (Å²) in [5.41, 5.74) is 3.26. The van der Waals surface area contributed by atoms with E-state index in [1.807, 2.05) is 37.3 Å². The van der Waals surface area contributed by atoms with Crippen molar-refractivity contribution in [2.45, 2.75) is 45.9 Å². The van der Waals surface area contributed by atoms with Gasteiger partial charge in [0.05, 0.1) is 22.2 Å². The average molecular weight is 581 g/mol. The first-order valence-corrected chi connectivity index (χ1v) is 14.4. The van der Waals surface area contributed by atoms with Crippen LogP contribution in [0.15, 0.2) is 78.4 Å². The van der Waals surface area contributed by atoms with Crippen LogP contribution in [0.1, 0.15) is 57.5 Å². The second-order valence-corrected chi connectivity index (χ2v) is 11.4. The van der Waals surface area contributed by atoms with Crippen molar-refractivity contribution in [2.24, 2.45) is 0 Å². The second kappa shape index (κ2) is 10.9. The monoisotopic (exact) mass is 580 g/mol. The van der Waals surface area contributed by atoms with Gasteiger partial charge in [-0.1, -0.05) is 53.8 Å². The molecule has 0 bridgehead atoms. The number of rotatable bonds is 7. The third kappa shape index (κ3) is 4.96. The molecular formula is C33H28N2O6S. The number of ketones is 2. The molecular weight excluding hydrogens is 552 g/mol. The summed E-state index contributed by atoms with van der Waals surface area (Å²) >= 11 is 1.05. The van der Waals surface area contributed by atoms with Gasteiger partial charge in [-0.05, 0) is 60.9 Å². The molecule has 1 saturated heterocycles. The number of Topliss-reactive ketones (excluding diaryl/α,β-unsaturated/α-hetero) is 2. The molecule has 2 aliphatic heterocycles. The van der Waals surface area contributed by atoms with E-state index in [4.69, 9.17) is 9.47 Å². The number of fused-ring (bicyclic) bond motifs is 1. The maximum Gasteiger partial charge on any atom is 0.301 e. The number of thiazole rings is 1. The van der Waals surface area contributed by atoms with Crippen LogP contribution in [0.4, 0.5) is 5.13 Å². The van der Waals surface area contributed by atoms with Gasteiger partial charge in [-0.2, -0.15) is 0 Å². The highest BCUT2D eigenvalue weighted by atomic mass is 32.1. The molecule has 3 heterocycles. The highest BCUT2D eigenvalue weighted by molar-refractivity contribution is 7.18. The van der Waals surface area contributed by atoms with Crippen LogP contribution in [0.2, 0.25) is 0 Å².